The van der Waals surface area contributed by atoms with Gasteiger partial charge in [-0.25, -0.2) is 0 Å². The molecule has 0 aromatic rings. The second-order valence-electron chi connectivity index (χ2n) is 3.42. The van der Waals surface area contributed by atoms with E-state index >= 15 is 0 Å². The highest BCUT2D eigenvalue weighted by Gasteiger charge is 2.34. The zero-order valence-corrected chi connectivity index (χ0v) is 9.77. The van der Waals surface area contributed by atoms with Crippen LogP contribution in [0.3, 0.4) is 0 Å². The van der Waals surface area contributed by atoms with Crippen molar-refractivity contribution in [3.8, 4) is 0 Å². The molecule has 17 heavy (non-hydrogen) atoms. The molecule has 1 fully saturated rings. The number of β-amino-alcohol motifs (C(OH)–C–C–N with tert-alkyl or cyclic N) is 1. The van der Waals surface area contributed by atoms with Gasteiger partial charge in [0.25, 0.3) is 0 Å². The summed E-state index contributed by atoms with van der Waals surface area (Å²) in [5.41, 5.74) is 0. The Kier molecular flexibility index (Phi) is 4.53. The van der Waals surface area contributed by atoms with Gasteiger partial charge in [0.15, 0.2) is 5.11 Å². The zero-order chi connectivity index (χ0) is 13.0. The average molecular weight is 260 g/mol. The van der Waals surface area contributed by atoms with Crippen molar-refractivity contribution < 1.29 is 24.6 Å². The maximum absolute atomic E-state index is 11.5. The van der Waals surface area contributed by atoms with E-state index in [2.05, 4.69) is 0 Å². The van der Waals surface area contributed by atoms with Crippen molar-refractivity contribution in [1.82, 2.24) is 9.80 Å². The van der Waals surface area contributed by atoms with Crippen LogP contribution in [0, 0.1) is 0 Å². The summed E-state index contributed by atoms with van der Waals surface area (Å²) in [7, 11) is 0. The van der Waals surface area contributed by atoms with Crippen LogP contribution in [0.1, 0.15) is 12.8 Å². The number of hydrogen-bond donors (Lipinski definition) is 2. The molecule has 0 saturated carbocycles. The van der Waals surface area contributed by atoms with Gasteiger partial charge in [-0.2, -0.15) is 0 Å². The fourth-order valence-corrected chi connectivity index (χ4v) is 1.81. The number of carboxylic acids is 1. The van der Waals surface area contributed by atoms with Crippen molar-refractivity contribution in [3.63, 3.8) is 0 Å². The number of aliphatic hydroxyl groups is 1. The monoisotopic (exact) mass is 260 g/mol. The molecule has 0 aromatic carbocycles. The molecule has 0 radical (unpaired) electrons. The fourth-order valence-electron chi connectivity index (χ4n) is 1.43. The van der Waals surface area contributed by atoms with E-state index in [4.69, 9.17) is 22.4 Å². The lowest BCUT2D eigenvalue weighted by molar-refractivity contribution is -0.141. The van der Waals surface area contributed by atoms with E-state index in [1.807, 2.05) is 0 Å². The molecule has 1 aliphatic heterocycles. The molecule has 1 saturated heterocycles. The van der Waals surface area contributed by atoms with Crippen LogP contribution in [0.5, 0.6) is 0 Å². The predicted molar refractivity (Wildman–Crippen MR) is 60.0 cm³/mol. The predicted octanol–water partition coefficient (Wildman–Crippen LogP) is -1.20. The highest BCUT2D eigenvalue weighted by Crippen LogP contribution is 2.12. The topological polar surface area (TPSA) is 98.2 Å². The van der Waals surface area contributed by atoms with Crippen LogP contribution in [-0.2, 0) is 14.4 Å². The largest absolute Gasteiger partial charge is 0.481 e. The minimum Gasteiger partial charge on any atom is -0.481 e. The summed E-state index contributed by atoms with van der Waals surface area (Å²) >= 11 is 4.93. The smallest absolute Gasteiger partial charge is 0.305 e. The molecular weight excluding hydrogens is 248 g/mol. The maximum Gasteiger partial charge on any atom is 0.305 e. The summed E-state index contributed by atoms with van der Waals surface area (Å²) in [5.74, 6) is -2.03. The van der Waals surface area contributed by atoms with Crippen molar-refractivity contribution >= 4 is 35.1 Å². The number of carbonyl (C=O) groups is 3. The number of amides is 2. The summed E-state index contributed by atoms with van der Waals surface area (Å²) < 4.78 is 0. The summed E-state index contributed by atoms with van der Waals surface area (Å²) in [4.78, 5) is 35.6. The molecule has 0 unspecified atom stereocenters. The number of hydrogen-bond acceptors (Lipinski definition) is 5. The highest BCUT2D eigenvalue weighted by atomic mass is 32.1. The number of aliphatic hydroxyl groups excluding tert-OH is 1. The van der Waals surface area contributed by atoms with Gasteiger partial charge in [-0.05, 0) is 12.2 Å². The molecule has 2 N–H and O–H groups in total. The van der Waals surface area contributed by atoms with Gasteiger partial charge in [-0.3, -0.25) is 24.2 Å². The third-order valence-electron chi connectivity index (χ3n) is 2.24. The first-order chi connectivity index (χ1) is 7.97. The van der Waals surface area contributed by atoms with Gasteiger partial charge in [-0.15, -0.1) is 0 Å². The number of rotatable bonds is 5. The van der Waals surface area contributed by atoms with Crippen molar-refractivity contribution in [2.45, 2.75) is 12.8 Å². The van der Waals surface area contributed by atoms with Gasteiger partial charge in [0.2, 0.25) is 11.8 Å². The van der Waals surface area contributed by atoms with E-state index in [0.717, 1.165) is 9.80 Å². The van der Waals surface area contributed by atoms with Gasteiger partial charge in [0, 0.05) is 6.54 Å². The molecule has 0 aliphatic carbocycles. The van der Waals surface area contributed by atoms with Crippen LogP contribution in [0.15, 0.2) is 0 Å². The quantitative estimate of drug-likeness (QED) is 0.476. The van der Waals surface area contributed by atoms with Gasteiger partial charge in [0.05, 0.1) is 19.6 Å². The van der Waals surface area contributed by atoms with Crippen molar-refractivity contribution in [2.75, 3.05) is 19.7 Å². The van der Waals surface area contributed by atoms with Crippen LogP contribution in [0.2, 0.25) is 0 Å². The Labute approximate surface area is 103 Å². The van der Waals surface area contributed by atoms with E-state index in [1.165, 1.54) is 0 Å². The first kappa shape index (κ1) is 13.5. The number of nitrogens with zero attached hydrogens (tertiary/aromatic N) is 2. The molecule has 7 nitrogen and oxygen atoms in total. The normalized spacial score (nSPS) is 16.6. The van der Waals surface area contributed by atoms with Crippen LogP contribution in [0.25, 0.3) is 0 Å². The average Bonchev–Trinajstić information content (AvgIpc) is 2.23. The molecule has 94 valence electrons. The molecular formula is C9H12N2O5S. The third-order valence-corrected chi connectivity index (χ3v) is 2.68. The number of thiocarbonyl (C=S) groups is 1. The standard InChI is InChI=1S/C9H12N2O5S/c12-4-3-11-7(14)5-6(13)10(9(11)17)2-1-8(15)16/h12H,1-5H2,(H,15,16). The van der Waals surface area contributed by atoms with E-state index in [1.54, 1.807) is 0 Å². The summed E-state index contributed by atoms with van der Waals surface area (Å²) in [6.07, 6.45) is -0.590. The summed E-state index contributed by atoms with van der Waals surface area (Å²) in [6, 6.07) is 0. The zero-order valence-electron chi connectivity index (χ0n) is 8.96. The molecule has 0 aromatic heterocycles. The minimum absolute atomic E-state index is 0.00845. The second kappa shape index (κ2) is 5.69. The number of aliphatic carboxylic acids is 1. The molecule has 1 rings (SSSR count). The SMILES string of the molecule is O=C(O)CCN1C(=O)CC(=O)N(CCO)C1=S. The van der Waals surface area contributed by atoms with Gasteiger partial charge in [0.1, 0.15) is 6.42 Å². The molecule has 1 aliphatic rings. The van der Waals surface area contributed by atoms with Gasteiger partial charge < -0.3 is 10.2 Å². The molecule has 1 heterocycles. The summed E-state index contributed by atoms with van der Waals surface area (Å²) in [5, 5.41) is 17.3. The minimum atomic E-state index is -1.05. The van der Waals surface area contributed by atoms with Gasteiger partial charge >= 0.3 is 5.97 Å². The Balaban J connectivity index is 2.75. The second-order valence-corrected chi connectivity index (χ2v) is 3.78. The third kappa shape index (κ3) is 3.21. The Morgan fingerprint density at radius 3 is 2.24 bits per heavy atom. The van der Waals surface area contributed by atoms with Crippen LogP contribution < -0.4 is 0 Å². The van der Waals surface area contributed by atoms with E-state index in [9.17, 15) is 14.4 Å². The molecule has 0 atom stereocenters. The van der Waals surface area contributed by atoms with Crippen LogP contribution >= 0.6 is 12.2 Å². The van der Waals surface area contributed by atoms with Crippen LogP contribution in [-0.4, -0.2) is 62.6 Å². The molecule has 8 heteroatoms. The van der Waals surface area contributed by atoms with E-state index in [0.29, 0.717) is 0 Å². The maximum atomic E-state index is 11.5. The Morgan fingerprint density at radius 2 is 1.76 bits per heavy atom. The highest BCUT2D eigenvalue weighted by molar-refractivity contribution is 7.80. The van der Waals surface area contributed by atoms with Crippen molar-refractivity contribution in [2.24, 2.45) is 0 Å². The number of carboxylic acid groups (broad SMARTS) is 1. The molecule has 0 spiro atoms. The van der Waals surface area contributed by atoms with Gasteiger partial charge in [-0.1, -0.05) is 0 Å². The molecule has 0 bridgehead atoms. The summed E-state index contributed by atoms with van der Waals surface area (Å²) in [6.45, 7) is -0.330. The Morgan fingerprint density at radius 1 is 1.24 bits per heavy atom. The Bertz CT molecular complexity index is 370. The van der Waals surface area contributed by atoms with Crippen molar-refractivity contribution in [1.29, 1.82) is 0 Å². The Hall–Kier alpha value is -1.54. The van der Waals surface area contributed by atoms with Crippen molar-refractivity contribution in [3.05, 3.63) is 0 Å². The first-order valence-electron chi connectivity index (χ1n) is 4.94. The van der Waals surface area contributed by atoms with E-state index in [-0.39, 0.29) is 37.7 Å². The fraction of sp³-hybridized carbons (Fsp3) is 0.556. The number of carbonyl (C=O) groups excluding carboxylic acids is 2. The molecule has 2 amide bonds. The lowest BCUT2D eigenvalue weighted by atomic mass is 10.2. The van der Waals surface area contributed by atoms with E-state index < -0.39 is 17.8 Å². The lowest BCUT2D eigenvalue weighted by Crippen LogP contribution is -2.55. The lowest BCUT2D eigenvalue weighted by Gasteiger charge is -2.34. The first-order valence-corrected chi connectivity index (χ1v) is 5.35. The van der Waals surface area contributed by atoms with Crippen LogP contribution in [0.4, 0.5) is 0 Å².